The molecule has 2 aromatic rings. The summed E-state index contributed by atoms with van der Waals surface area (Å²) in [5.74, 6) is 0.219. The number of nitrogens with one attached hydrogen (secondary N) is 1. The lowest BCUT2D eigenvalue weighted by atomic mass is 9.71. The van der Waals surface area contributed by atoms with Crippen LogP contribution in [0.2, 0.25) is 0 Å². The Morgan fingerprint density at radius 1 is 1.00 bits per heavy atom. The summed E-state index contributed by atoms with van der Waals surface area (Å²) in [4.78, 5) is 26.6. The molecule has 8 heteroatoms. The van der Waals surface area contributed by atoms with Gasteiger partial charge in [0.05, 0.1) is 33.5 Å². The molecule has 2 aromatic carbocycles. The van der Waals surface area contributed by atoms with Crippen molar-refractivity contribution in [1.29, 1.82) is 0 Å². The van der Waals surface area contributed by atoms with E-state index in [4.69, 9.17) is 18.9 Å². The minimum Gasteiger partial charge on any atom is -0.504 e. The topological polar surface area (TPSA) is 103 Å². The van der Waals surface area contributed by atoms with Crippen LogP contribution in [0.5, 0.6) is 23.0 Å². The number of benzene rings is 2. The predicted octanol–water partition coefficient (Wildman–Crippen LogP) is 4.34. The second-order valence-electron chi connectivity index (χ2n) is 8.78. The number of methoxy groups -OCH3 is 3. The molecule has 2 aliphatic rings. The van der Waals surface area contributed by atoms with Crippen molar-refractivity contribution in [3.63, 3.8) is 0 Å². The van der Waals surface area contributed by atoms with Gasteiger partial charge in [0.2, 0.25) is 0 Å². The van der Waals surface area contributed by atoms with Gasteiger partial charge in [0.25, 0.3) is 0 Å². The van der Waals surface area contributed by atoms with Crippen LogP contribution in [0.1, 0.15) is 49.7 Å². The Labute approximate surface area is 210 Å². The number of aromatic hydroxyl groups is 1. The van der Waals surface area contributed by atoms with Gasteiger partial charge in [0.15, 0.2) is 28.8 Å². The Kier molecular flexibility index (Phi) is 7.24. The van der Waals surface area contributed by atoms with Crippen LogP contribution in [0.3, 0.4) is 0 Å². The minimum absolute atomic E-state index is 0.00690. The molecule has 0 bridgehead atoms. The number of allylic oxidation sites excluding steroid dienone is 3. The highest BCUT2D eigenvalue weighted by Crippen LogP contribution is 2.47. The number of rotatable bonds is 7. The average Bonchev–Trinajstić information content (AvgIpc) is 2.88. The van der Waals surface area contributed by atoms with Crippen LogP contribution in [0, 0.1) is 0 Å². The lowest BCUT2D eigenvalue weighted by Gasteiger charge is -2.36. The molecular weight excluding hydrogens is 462 g/mol. The maximum Gasteiger partial charge on any atom is 0.336 e. The predicted molar refractivity (Wildman–Crippen MR) is 133 cm³/mol. The van der Waals surface area contributed by atoms with Crippen molar-refractivity contribution in [2.75, 3.05) is 27.9 Å². The van der Waals surface area contributed by atoms with Gasteiger partial charge in [-0.25, -0.2) is 4.79 Å². The summed E-state index contributed by atoms with van der Waals surface area (Å²) in [5.41, 5.74) is 3.93. The lowest BCUT2D eigenvalue weighted by molar-refractivity contribution is -0.136. The molecule has 0 aromatic heterocycles. The standard InChI is InChI=1S/C28H31NO7/c1-6-36-23-14-17(7-9-20(23)30)26-25(28(32)35-5)15(2)29-19-11-18(12-21(31)27(19)26)16-8-10-22(33-3)24(13-16)34-4/h7-10,13-14,18,26,29-30H,6,11-12H2,1-5H3/t18-,26+/m0/s1. The highest BCUT2D eigenvalue weighted by Gasteiger charge is 2.41. The SMILES string of the molecule is CCOc1cc([C@@H]2C(C(=O)OC)=C(C)NC3=C2C(=O)C[C@@H](c2ccc(OC)c(OC)c2)C3)ccc1O. The van der Waals surface area contributed by atoms with E-state index >= 15 is 0 Å². The maximum absolute atomic E-state index is 13.7. The fourth-order valence-electron chi connectivity index (χ4n) is 5.08. The lowest BCUT2D eigenvalue weighted by Crippen LogP contribution is -2.36. The third kappa shape index (κ3) is 4.51. The monoisotopic (exact) mass is 493 g/mol. The number of hydrogen-bond donors (Lipinski definition) is 2. The van der Waals surface area contributed by atoms with E-state index < -0.39 is 11.9 Å². The molecule has 2 N–H and O–H groups in total. The number of ketones is 1. The first-order valence-electron chi connectivity index (χ1n) is 11.8. The second-order valence-corrected chi connectivity index (χ2v) is 8.78. The van der Waals surface area contributed by atoms with Gasteiger partial charge in [0, 0.05) is 29.3 Å². The van der Waals surface area contributed by atoms with Crippen molar-refractivity contribution in [2.45, 2.75) is 38.5 Å². The molecule has 2 atom stereocenters. The number of hydrogen-bond acceptors (Lipinski definition) is 8. The minimum atomic E-state index is -0.646. The Bertz CT molecular complexity index is 1260. The summed E-state index contributed by atoms with van der Waals surface area (Å²) >= 11 is 0. The molecule has 1 heterocycles. The third-order valence-electron chi connectivity index (χ3n) is 6.73. The molecule has 0 radical (unpaired) electrons. The van der Waals surface area contributed by atoms with Crippen LogP contribution < -0.4 is 19.5 Å². The zero-order chi connectivity index (χ0) is 26.0. The number of phenolic OH excluding ortho intramolecular Hbond substituents is 1. The van der Waals surface area contributed by atoms with Gasteiger partial charge < -0.3 is 29.4 Å². The van der Waals surface area contributed by atoms with Gasteiger partial charge in [-0.15, -0.1) is 0 Å². The van der Waals surface area contributed by atoms with E-state index in [0.717, 1.165) is 11.3 Å². The third-order valence-corrected chi connectivity index (χ3v) is 6.73. The van der Waals surface area contributed by atoms with Crippen LogP contribution in [-0.2, 0) is 14.3 Å². The molecule has 0 unspecified atom stereocenters. The first-order valence-corrected chi connectivity index (χ1v) is 11.8. The molecule has 8 nitrogen and oxygen atoms in total. The van der Waals surface area contributed by atoms with E-state index in [-0.39, 0.29) is 23.9 Å². The van der Waals surface area contributed by atoms with E-state index in [0.29, 0.717) is 52.7 Å². The van der Waals surface area contributed by atoms with Crippen molar-refractivity contribution >= 4 is 11.8 Å². The molecule has 4 rings (SSSR count). The summed E-state index contributed by atoms with van der Waals surface area (Å²) in [7, 11) is 4.49. The number of carbonyl (C=O) groups is 2. The highest BCUT2D eigenvalue weighted by molar-refractivity contribution is 6.04. The molecule has 1 aliphatic carbocycles. The Balaban J connectivity index is 1.80. The van der Waals surface area contributed by atoms with Gasteiger partial charge in [-0.05, 0) is 61.6 Å². The fraction of sp³-hybridized carbons (Fsp3) is 0.357. The van der Waals surface area contributed by atoms with E-state index in [1.54, 1.807) is 33.3 Å². The number of ether oxygens (including phenoxy) is 4. The highest BCUT2D eigenvalue weighted by atomic mass is 16.5. The smallest absolute Gasteiger partial charge is 0.336 e. The van der Waals surface area contributed by atoms with E-state index in [1.807, 2.05) is 25.1 Å². The normalized spacial score (nSPS) is 19.4. The number of esters is 1. The van der Waals surface area contributed by atoms with Gasteiger partial charge >= 0.3 is 5.97 Å². The van der Waals surface area contributed by atoms with Crippen molar-refractivity contribution < 1.29 is 33.6 Å². The van der Waals surface area contributed by atoms with Crippen molar-refractivity contribution in [3.8, 4) is 23.0 Å². The summed E-state index contributed by atoms with van der Waals surface area (Å²) in [6.07, 6.45) is 0.853. The number of carbonyl (C=O) groups excluding carboxylic acids is 2. The second kappa shape index (κ2) is 10.4. The number of dihydropyridines is 1. The van der Waals surface area contributed by atoms with Crippen molar-refractivity contribution in [3.05, 3.63) is 70.1 Å². The molecule has 0 saturated carbocycles. The molecule has 190 valence electrons. The van der Waals surface area contributed by atoms with E-state index in [2.05, 4.69) is 5.32 Å². The summed E-state index contributed by atoms with van der Waals surface area (Å²) in [6.45, 7) is 3.99. The molecule has 0 fully saturated rings. The number of phenols is 1. The molecule has 0 amide bonds. The molecule has 0 saturated heterocycles. The molecule has 36 heavy (non-hydrogen) atoms. The van der Waals surface area contributed by atoms with Crippen LogP contribution in [0.15, 0.2) is 58.9 Å². The largest absolute Gasteiger partial charge is 0.504 e. The first-order chi connectivity index (χ1) is 17.3. The van der Waals surface area contributed by atoms with E-state index in [1.165, 1.54) is 13.2 Å². The Morgan fingerprint density at radius 2 is 1.69 bits per heavy atom. The van der Waals surface area contributed by atoms with Crippen LogP contribution >= 0.6 is 0 Å². The molecular formula is C28H31NO7. The fourth-order valence-corrected chi connectivity index (χ4v) is 5.08. The van der Waals surface area contributed by atoms with Gasteiger partial charge in [-0.1, -0.05) is 12.1 Å². The van der Waals surface area contributed by atoms with Crippen LogP contribution in [0.4, 0.5) is 0 Å². The first kappa shape index (κ1) is 25.2. The molecule has 0 spiro atoms. The Hall–Kier alpha value is -3.94. The van der Waals surface area contributed by atoms with Gasteiger partial charge in [-0.3, -0.25) is 4.79 Å². The van der Waals surface area contributed by atoms with Crippen molar-refractivity contribution in [1.82, 2.24) is 5.32 Å². The summed E-state index contributed by atoms with van der Waals surface area (Å²) in [6, 6.07) is 10.6. The molecule has 1 aliphatic heterocycles. The van der Waals surface area contributed by atoms with Crippen molar-refractivity contribution in [2.24, 2.45) is 0 Å². The summed E-state index contributed by atoms with van der Waals surface area (Å²) in [5, 5.41) is 13.5. The Morgan fingerprint density at radius 3 is 2.36 bits per heavy atom. The maximum atomic E-state index is 13.7. The average molecular weight is 494 g/mol. The van der Waals surface area contributed by atoms with Crippen LogP contribution in [0.25, 0.3) is 0 Å². The van der Waals surface area contributed by atoms with E-state index in [9.17, 15) is 14.7 Å². The zero-order valence-electron chi connectivity index (χ0n) is 21.1. The number of Topliss-reactive ketones (excluding diaryl/α,β-unsaturated/α-hetero) is 1. The zero-order valence-corrected chi connectivity index (χ0v) is 21.1. The quantitative estimate of drug-likeness (QED) is 0.549. The van der Waals surface area contributed by atoms with Gasteiger partial charge in [0.1, 0.15) is 0 Å². The van der Waals surface area contributed by atoms with Crippen LogP contribution in [-0.4, -0.2) is 44.8 Å². The van der Waals surface area contributed by atoms with Gasteiger partial charge in [-0.2, -0.15) is 0 Å². The summed E-state index contributed by atoms with van der Waals surface area (Å²) < 4.78 is 21.5.